The number of aryl methyl sites for hydroxylation is 1. The van der Waals surface area contributed by atoms with Gasteiger partial charge in [-0.05, 0) is 23.3 Å². The van der Waals surface area contributed by atoms with Crippen molar-refractivity contribution in [2.45, 2.75) is 0 Å². The number of aromatic nitrogens is 1. The molecule has 5 heteroatoms. The summed E-state index contributed by atoms with van der Waals surface area (Å²) in [5.74, 6) is 0. The van der Waals surface area contributed by atoms with Crippen LogP contribution in [0.25, 0.3) is 22.0 Å². The van der Waals surface area contributed by atoms with Crippen molar-refractivity contribution in [3.63, 3.8) is 0 Å². The summed E-state index contributed by atoms with van der Waals surface area (Å²) in [6.45, 7) is 0. The maximum absolute atomic E-state index is 11.6. The molecule has 0 aliphatic carbocycles. The van der Waals surface area contributed by atoms with Crippen LogP contribution in [0.15, 0.2) is 65.1 Å². The van der Waals surface area contributed by atoms with E-state index in [1.165, 1.54) is 0 Å². The Bertz CT molecular complexity index is 1000. The molecular weight excluding hydrogens is 296 g/mol. The van der Waals surface area contributed by atoms with E-state index >= 15 is 0 Å². The van der Waals surface area contributed by atoms with Crippen molar-refractivity contribution in [1.29, 1.82) is 0 Å². The standard InChI is InChI=1S/C17H16N2O2S/c1-19-16-11-7-6-10-14(16)15(13-8-4-3-5-9-13)12-17(19)18-22(2,20)21/h3-12H,1-2H3. The molecule has 0 N–H and O–H groups in total. The van der Waals surface area contributed by atoms with Crippen molar-refractivity contribution in [3.8, 4) is 11.1 Å². The molecule has 0 saturated carbocycles. The van der Waals surface area contributed by atoms with Crippen molar-refractivity contribution in [2.24, 2.45) is 11.4 Å². The zero-order valence-electron chi connectivity index (χ0n) is 12.4. The third-order valence-corrected chi connectivity index (χ3v) is 4.04. The quantitative estimate of drug-likeness (QED) is 0.730. The van der Waals surface area contributed by atoms with Gasteiger partial charge < -0.3 is 4.57 Å². The number of sulfonamides is 1. The Morgan fingerprint density at radius 3 is 2.27 bits per heavy atom. The highest BCUT2D eigenvalue weighted by atomic mass is 32.2. The molecule has 0 radical (unpaired) electrons. The molecule has 0 fully saturated rings. The van der Waals surface area contributed by atoms with Crippen LogP contribution >= 0.6 is 0 Å². The van der Waals surface area contributed by atoms with E-state index in [1.807, 2.05) is 67.7 Å². The lowest BCUT2D eigenvalue weighted by molar-refractivity contribution is 0.601. The molecule has 0 aliphatic heterocycles. The Hall–Kier alpha value is -2.40. The molecule has 1 aromatic heterocycles. The molecule has 0 unspecified atom stereocenters. The first-order valence-corrected chi connectivity index (χ1v) is 8.71. The van der Waals surface area contributed by atoms with Crippen molar-refractivity contribution in [1.82, 2.24) is 4.57 Å². The largest absolute Gasteiger partial charge is 0.328 e. The first-order valence-electron chi connectivity index (χ1n) is 6.86. The van der Waals surface area contributed by atoms with Gasteiger partial charge >= 0.3 is 0 Å². The fourth-order valence-electron chi connectivity index (χ4n) is 2.53. The molecule has 0 spiro atoms. The van der Waals surface area contributed by atoms with Gasteiger partial charge in [-0.25, -0.2) is 8.42 Å². The molecule has 0 bridgehead atoms. The normalized spacial score (nSPS) is 12.7. The number of para-hydroxylation sites is 1. The van der Waals surface area contributed by atoms with Gasteiger partial charge in [0.1, 0.15) is 5.49 Å². The third kappa shape index (κ3) is 2.80. The van der Waals surface area contributed by atoms with Gasteiger partial charge in [0.15, 0.2) is 0 Å². The highest BCUT2D eigenvalue weighted by Crippen LogP contribution is 2.26. The molecule has 0 amide bonds. The fourth-order valence-corrected chi connectivity index (χ4v) is 3.05. The van der Waals surface area contributed by atoms with Crippen LogP contribution in [-0.4, -0.2) is 19.2 Å². The predicted octanol–water partition coefficient (Wildman–Crippen LogP) is 2.71. The van der Waals surface area contributed by atoms with E-state index in [2.05, 4.69) is 4.40 Å². The van der Waals surface area contributed by atoms with Crippen molar-refractivity contribution in [2.75, 3.05) is 6.26 Å². The second-order valence-corrected chi connectivity index (χ2v) is 6.83. The topological polar surface area (TPSA) is 51.4 Å². The number of hydrogen-bond donors (Lipinski definition) is 0. The SMILES string of the molecule is Cn1c(=NS(C)(=O)=O)cc(-c2ccccc2)c2ccccc21. The van der Waals surface area contributed by atoms with Crippen LogP contribution in [0.2, 0.25) is 0 Å². The second kappa shape index (κ2) is 5.42. The van der Waals surface area contributed by atoms with Gasteiger partial charge in [-0.15, -0.1) is 4.40 Å². The first-order chi connectivity index (χ1) is 10.5. The number of hydrogen-bond acceptors (Lipinski definition) is 2. The van der Waals surface area contributed by atoms with Crippen LogP contribution in [0.1, 0.15) is 0 Å². The van der Waals surface area contributed by atoms with E-state index in [1.54, 1.807) is 4.57 Å². The predicted molar refractivity (Wildman–Crippen MR) is 88.8 cm³/mol. The Morgan fingerprint density at radius 2 is 1.59 bits per heavy atom. The van der Waals surface area contributed by atoms with E-state index in [0.717, 1.165) is 28.3 Å². The minimum Gasteiger partial charge on any atom is -0.328 e. The Morgan fingerprint density at radius 1 is 0.955 bits per heavy atom. The molecule has 3 rings (SSSR count). The van der Waals surface area contributed by atoms with Crippen LogP contribution in [0.5, 0.6) is 0 Å². The highest BCUT2D eigenvalue weighted by Gasteiger charge is 2.08. The van der Waals surface area contributed by atoms with Gasteiger partial charge in [-0.1, -0.05) is 48.5 Å². The van der Waals surface area contributed by atoms with Gasteiger partial charge in [-0.3, -0.25) is 0 Å². The summed E-state index contributed by atoms with van der Waals surface area (Å²) in [5.41, 5.74) is 3.35. The van der Waals surface area contributed by atoms with E-state index in [9.17, 15) is 8.42 Å². The van der Waals surface area contributed by atoms with E-state index in [0.29, 0.717) is 5.49 Å². The number of benzene rings is 2. The zero-order valence-corrected chi connectivity index (χ0v) is 13.2. The van der Waals surface area contributed by atoms with Crippen LogP contribution < -0.4 is 5.49 Å². The number of fused-ring (bicyclic) bond motifs is 1. The summed E-state index contributed by atoms with van der Waals surface area (Å²) < 4.78 is 28.8. The molecule has 1 heterocycles. The van der Waals surface area contributed by atoms with Gasteiger partial charge in [0, 0.05) is 18.0 Å². The van der Waals surface area contributed by atoms with Gasteiger partial charge in [-0.2, -0.15) is 0 Å². The van der Waals surface area contributed by atoms with E-state index in [-0.39, 0.29) is 0 Å². The van der Waals surface area contributed by atoms with Crippen LogP contribution in [0.3, 0.4) is 0 Å². The maximum atomic E-state index is 11.6. The lowest BCUT2D eigenvalue weighted by Gasteiger charge is -2.12. The molecule has 0 aliphatic rings. The molecule has 0 atom stereocenters. The van der Waals surface area contributed by atoms with Crippen molar-refractivity contribution >= 4 is 20.9 Å². The summed E-state index contributed by atoms with van der Waals surface area (Å²) in [4.78, 5) is 0. The van der Waals surface area contributed by atoms with Crippen molar-refractivity contribution < 1.29 is 8.42 Å². The summed E-state index contributed by atoms with van der Waals surface area (Å²) in [6, 6.07) is 19.6. The van der Waals surface area contributed by atoms with Crippen LogP contribution in [0.4, 0.5) is 0 Å². The zero-order chi connectivity index (χ0) is 15.7. The average Bonchev–Trinajstić information content (AvgIpc) is 2.50. The average molecular weight is 312 g/mol. The molecule has 2 aromatic carbocycles. The van der Waals surface area contributed by atoms with Gasteiger partial charge in [0.25, 0.3) is 10.0 Å². The smallest absolute Gasteiger partial charge is 0.252 e. The summed E-state index contributed by atoms with van der Waals surface area (Å²) in [5, 5.41) is 1.06. The lowest BCUT2D eigenvalue weighted by Crippen LogP contribution is -2.20. The third-order valence-electron chi connectivity index (χ3n) is 3.52. The Kier molecular flexibility index (Phi) is 3.58. The lowest BCUT2D eigenvalue weighted by atomic mass is 10.0. The molecule has 0 saturated heterocycles. The molecule has 3 aromatic rings. The summed E-state index contributed by atoms with van der Waals surface area (Å²) in [7, 11) is -1.64. The monoisotopic (exact) mass is 312 g/mol. The minimum atomic E-state index is -3.46. The van der Waals surface area contributed by atoms with Crippen LogP contribution in [0, 0.1) is 0 Å². The number of nitrogens with zero attached hydrogens (tertiary/aromatic N) is 2. The van der Waals surface area contributed by atoms with E-state index in [4.69, 9.17) is 0 Å². The van der Waals surface area contributed by atoms with E-state index < -0.39 is 10.0 Å². The van der Waals surface area contributed by atoms with Gasteiger partial charge in [0.05, 0.1) is 6.26 Å². The fraction of sp³-hybridized carbons (Fsp3) is 0.118. The highest BCUT2D eigenvalue weighted by molar-refractivity contribution is 7.89. The summed E-state index contributed by atoms with van der Waals surface area (Å²) >= 11 is 0. The summed E-state index contributed by atoms with van der Waals surface area (Å²) in [6.07, 6.45) is 1.10. The Balaban J connectivity index is 2.47. The first kappa shape index (κ1) is 14.5. The Labute approximate surface area is 129 Å². The molecule has 4 nitrogen and oxygen atoms in total. The minimum absolute atomic E-state index is 0.417. The molecule has 22 heavy (non-hydrogen) atoms. The van der Waals surface area contributed by atoms with Crippen LogP contribution in [-0.2, 0) is 17.1 Å². The number of pyridine rings is 1. The maximum Gasteiger partial charge on any atom is 0.252 e. The molecule has 112 valence electrons. The van der Waals surface area contributed by atoms with Crippen molar-refractivity contribution in [3.05, 3.63) is 66.2 Å². The number of rotatable bonds is 2. The molecular formula is C17H16N2O2S. The van der Waals surface area contributed by atoms with Gasteiger partial charge in [0.2, 0.25) is 0 Å². The second-order valence-electron chi connectivity index (χ2n) is 5.18.